The summed E-state index contributed by atoms with van der Waals surface area (Å²) in [6, 6.07) is 3.83. The van der Waals surface area contributed by atoms with Crippen molar-refractivity contribution in [2.24, 2.45) is 0 Å². The van der Waals surface area contributed by atoms with Gasteiger partial charge in [-0.2, -0.15) is 0 Å². The molecule has 110 valence electrons. The molecule has 0 fully saturated rings. The van der Waals surface area contributed by atoms with E-state index in [2.05, 4.69) is 28.4 Å². The second kappa shape index (κ2) is 4.87. The molecule has 3 aromatic rings. The van der Waals surface area contributed by atoms with E-state index >= 15 is 0 Å². The van der Waals surface area contributed by atoms with Crippen molar-refractivity contribution in [3.63, 3.8) is 0 Å². The lowest BCUT2D eigenvalue weighted by atomic mass is 9.93. The molecular formula is C17H16N4O. The van der Waals surface area contributed by atoms with Crippen molar-refractivity contribution in [2.75, 3.05) is 5.73 Å². The largest absolute Gasteiger partial charge is 0.398 e. The van der Waals surface area contributed by atoms with Crippen molar-refractivity contribution in [3.8, 4) is 11.4 Å². The third-order valence-electron chi connectivity index (χ3n) is 3.99. The Kier molecular flexibility index (Phi) is 2.85. The lowest BCUT2D eigenvalue weighted by molar-refractivity contribution is 0.388. The summed E-state index contributed by atoms with van der Waals surface area (Å²) in [6.07, 6.45) is 13.0. The van der Waals surface area contributed by atoms with E-state index in [1.54, 1.807) is 0 Å². The molecule has 0 saturated carbocycles. The van der Waals surface area contributed by atoms with Crippen LogP contribution >= 0.6 is 0 Å². The van der Waals surface area contributed by atoms with Crippen LogP contribution in [0.1, 0.15) is 23.8 Å². The molecule has 22 heavy (non-hydrogen) atoms. The number of anilines is 1. The average molecular weight is 292 g/mol. The van der Waals surface area contributed by atoms with Gasteiger partial charge in [-0.15, -0.1) is 0 Å². The van der Waals surface area contributed by atoms with E-state index in [4.69, 9.17) is 10.3 Å². The van der Waals surface area contributed by atoms with Gasteiger partial charge in [-0.3, -0.25) is 4.40 Å². The number of aryl methyl sites for hydroxylation is 1. The maximum absolute atomic E-state index is 5.92. The molecule has 2 N–H and O–H groups in total. The molecule has 0 aromatic carbocycles. The maximum atomic E-state index is 5.92. The highest BCUT2D eigenvalue weighted by atomic mass is 16.5. The van der Waals surface area contributed by atoms with Crippen LogP contribution < -0.4 is 5.73 Å². The quantitative estimate of drug-likeness (QED) is 0.785. The first kappa shape index (κ1) is 12.9. The molecule has 1 unspecified atom stereocenters. The van der Waals surface area contributed by atoms with Crippen LogP contribution in [0.15, 0.2) is 53.4 Å². The van der Waals surface area contributed by atoms with E-state index in [1.807, 2.05) is 41.9 Å². The van der Waals surface area contributed by atoms with Crippen LogP contribution in [0.2, 0.25) is 0 Å². The molecule has 1 atom stereocenters. The average Bonchev–Trinajstić information content (AvgIpc) is 3.11. The highest BCUT2D eigenvalue weighted by Crippen LogP contribution is 2.35. The highest BCUT2D eigenvalue weighted by molar-refractivity contribution is 5.68. The second-order valence-electron chi connectivity index (χ2n) is 5.49. The first-order valence-corrected chi connectivity index (χ1v) is 7.26. The van der Waals surface area contributed by atoms with Crippen LogP contribution in [-0.2, 0) is 0 Å². The number of pyridine rings is 1. The van der Waals surface area contributed by atoms with Crippen LogP contribution in [0.5, 0.6) is 0 Å². The Hall–Kier alpha value is -2.82. The van der Waals surface area contributed by atoms with Gasteiger partial charge in [-0.05, 0) is 25.5 Å². The van der Waals surface area contributed by atoms with E-state index in [1.165, 1.54) is 0 Å². The molecule has 0 amide bonds. The van der Waals surface area contributed by atoms with E-state index in [9.17, 15) is 0 Å². The first-order chi connectivity index (χ1) is 10.7. The Morgan fingerprint density at radius 1 is 1.32 bits per heavy atom. The summed E-state index contributed by atoms with van der Waals surface area (Å²) >= 11 is 0. The summed E-state index contributed by atoms with van der Waals surface area (Å²) in [7, 11) is 0. The number of hydrogen-bond acceptors (Lipinski definition) is 4. The zero-order chi connectivity index (χ0) is 15.1. The van der Waals surface area contributed by atoms with Crippen molar-refractivity contribution in [2.45, 2.75) is 19.3 Å². The molecule has 3 aromatic heterocycles. The molecule has 0 spiro atoms. The third-order valence-corrected chi connectivity index (χ3v) is 3.99. The van der Waals surface area contributed by atoms with Gasteiger partial charge in [-0.1, -0.05) is 29.5 Å². The van der Waals surface area contributed by atoms with Gasteiger partial charge in [0.05, 0.1) is 17.3 Å². The monoisotopic (exact) mass is 292 g/mol. The summed E-state index contributed by atoms with van der Waals surface area (Å²) in [5, 5.41) is 4.28. The number of nitrogen functional groups attached to an aromatic ring is 1. The number of nitrogens with zero attached hydrogens (tertiary/aromatic N) is 3. The van der Waals surface area contributed by atoms with Crippen molar-refractivity contribution in [1.29, 1.82) is 0 Å². The van der Waals surface area contributed by atoms with Gasteiger partial charge in [-0.25, -0.2) is 4.98 Å². The molecule has 1 aliphatic carbocycles. The standard InChI is InChI=1S/C17H16N4O/c1-11-15(16(20-22-11)12-5-3-2-4-6-12)17-19-9-14-8-7-13(18)10-21(14)17/h2-5,7-10,12H,6,18H2,1H3. The molecule has 0 radical (unpaired) electrons. The van der Waals surface area contributed by atoms with Crippen molar-refractivity contribution in [1.82, 2.24) is 14.5 Å². The van der Waals surface area contributed by atoms with E-state index < -0.39 is 0 Å². The van der Waals surface area contributed by atoms with Gasteiger partial charge in [0.25, 0.3) is 0 Å². The third kappa shape index (κ3) is 1.94. The molecule has 1 aliphatic rings. The van der Waals surface area contributed by atoms with Gasteiger partial charge in [0, 0.05) is 17.8 Å². The summed E-state index contributed by atoms with van der Waals surface area (Å²) < 4.78 is 7.45. The number of fused-ring (bicyclic) bond motifs is 1. The Balaban J connectivity index is 1.91. The van der Waals surface area contributed by atoms with Gasteiger partial charge in [0.2, 0.25) is 0 Å². The molecule has 3 heterocycles. The highest BCUT2D eigenvalue weighted by Gasteiger charge is 2.24. The Morgan fingerprint density at radius 3 is 3.05 bits per heavy atom. The predicted molar refractivity (Wildman–Crippen MR) is 85.5 cm³/mol. The molecule has 5 heteroatoms. The number of imidazole rings is 1. The predicted octanol–water partition coefficient (Wildman–Crippen LogP) is 3.48. The lowest BCUT2D eigenvalue weighted by Gasteiger charge is -2.11. The summed E-state index contributed by atoms with van der Waals surface area (Å²) in [4.78, 5) is 4.56. The Labute approximate surface area is 127 Å². The van der Waals surface area contributed by atoms with Crippen LogP contribution in [0.3, 0.4) is 0 Å². The van der Waals surface area contributed by atoms with Crippen molar-refractivity contribution >= 4 is 11.2 Å². The van der Waals surface area contributed by atoms with Crippen LogP contribution in [-0.4, -0.2) is 14.5 Å². The maximum Gasteiger partial charge on any atom is 0.150 e. The van der Waals surface area contributed by atoms with E-state index in [0.717, 1.165) is 34.8 Å². The Bertz CT molecular complexity index is 901. The molecule has 4 rings (SSSR count). The molecule has 0 bridgehead atoms. The van der Waals surface area contributed by atoms with Gasteiger partial charge >= 0.3 is 0 Å². The Morgan fingerprint density at radius 2 is 2.23 bits per heavy atom. The van der Waals surface area contributed by atoms with Crippen LogP contribution in [0.25, 0.3) is 16.9 Å². The minimum atomic E-state index is 0.214. The van der Waals surface area contributed by atoms with Gasteiger partial charge < -0.3 is 10.3 Å². The fourth-order valence-corrected chi connectivity index (χ4v) is 2.89. The fraction of sp³-hybridized carbons (Fsp3) is 0.176. The molecular weight excluding hydrogens is 276 g/mol. The van der Waals surface area contributed by atoms with Crippen molar-refractivity contribution in [3.05, 3.63) is 60.3 Å². The minimum absolute atomic E-state index is 0.214. The number of allylic oxidation sites excluding steroid dienone is 4. The lowest BCUT2D eigenvalue weighted by Crippen LogP contribution is -2.01. The van der Waals surface area contributed by atoms with Crippen molar-refractivity contribution < 1.29 is 4.52 Å². The van der Waals surface area contributed by atoms with Gasteiger partial charge in [0.15, 0.2) is 0 Å². The first-order valence-electron chi connectivity index (χ1n) is 7.26. The normalized spacial score (nSPS) is 17.4. The number of hydrogen-bond donors (Lipinski definition) is 1. The summed E-state index contributed by atoms with van der Waals surface area (Å²) in [5.74, 6) is 1.80. The fourth-order valence-electron chi connectivity index (χ4n) is 2.89. The SMILES string of the molecule is Cc1onc(C2C=CC=CC2)c1-c1ncc2ccc(N)cn12. The smallest absolute Gasteiger partial charge is 0.150 e. The summed E-state index contributed by atoms with van der Waals surface area (Å²) in [5.41, 5.74) is 9.49. The zero-order valence-corrected chi connectivity index (χ0v) is 12.2. The molecule has 5 nitrogen and oxygen atoms in total. The van der Waals surface area contributed by atoms with E-state index in [0.29, 0.717) is 5.69 Å². The van der Waals surface area contributed by atoms with Gasteiger partial charge in [0.1, 0.15) is 17.3 Å². The van der Waals surface area contributed by atoms with E-state index in [-0.39, 0.29) is 5.92 Å². The second-order valence-corrected chi connectivity index (χ2v) is 5.49. The summed E-state index contributed by atoms with van der Waals surface area (Å²) in [6.45, 7) is 1.92. The van der Waals surface area contributed by atoms with Crippen LogP contribution in [0, 0.1) is 6.92 Å². The number of nitrogens with two attached hydrogens (primary N) is 1. The minimum Gasteiger partial charge on any atom is -0.398 e. The number of rotatable bonds is 2. The molecule has 0 saturated heterocycles. The molecule has 0 aliphatic heterocycles. The van der Waals surface area contributed by atoms with Crippen LogP contribution in [0.4, 0.5) is 5.69 Å². The number of aromatic nitrogens is 3. The zero-order valence-electron chi connectivity index (χ0n) is 12.2. The topological polar surface area (TPSA) is 69.3 Å².